The van der Waals surface area contributed by atoms with Crippen molar-refractivity contribution in [2.45, 2.75) is 0 Å². The van der Waals surface area contributed by atoms with Gasteiger partial charge in [-0.15, -0.1) is 0 Å². The summed E-state index contributed by atoms with van der Waals surface area (Å²) in [5, 5.41) is 5.26. The molecule has 0 spiro atoms. The topological polar surface area (TPSA) is 80.3 Å². The Bertz CT molecular complexity index is 713. The van der Waals surface area contributed by atoms with Crippen LogP contribution in [0.5, 0.6) is 5.75 Å². The summed E-state index contributed by atoms with van der Waals surface area (Å²) in [6.07, 6.45) is 2.70. The predicted octanol–water partition coefficient (Wildman–Crippen LogP) is 2.47. The van der Waals surface area contributed by atoms with Gasteiger partial charge in [-0.3, -0.25) is 9.59 Å². The molecule has 0 aliphatic rings. The SMILES string of the molecule is C=CC(=O)Nc1cccc(C(=O)Nc2cc(OC)ccn2)c1. The molecule has 0 saturated heterocycles. The molecule has 112 valence electrons. The number of carbonyl (C=O) groups excluding carboxylic acids is 2. The van der Waals surface area contributed by atoms with Gasteiger partial charge in [0.2, 0.25) is 5.91 Å². The van der Waals surface area contributed by atoms with Crippen LogP contribution in [0, 0.1) is 0 Å². The first-order valence-corrected chi connectivity index (χ1v) is 6.47. The van der Waals surface area contributed by atoms with Crippen molar-refractivity contribution < 1.29 is 14.3 Å². The molecule has 0 aliphatic carbocycles. The van der Waals surface area contributed by atoms with Gasteiger partial charge in [-0.25, -0.2) is 4.98 Å². The maximum atomic E-state index is 12.2. The first kappa shape index (κ1) is 15.2. The Labute approximate surface area is 127 Å². The number of hydrogen-bond acceptors (Lipinski definition) is 4. The van der Waals surface area contributed by atoms with Crippen molar-refractivity contribution in [3.63, 3.8) is 0 Å². The Kier molecular flexibility index (Phi) is 4.87. The van der Waals surface area contributed by atoms with Gasteiger partial charge in [-0.05, 0) is 30.3 Å². The zero-order valence-electron chi connectivity index (χ0n) is 12.0. The molecule has 0 atom stereocenters. The number of rotatable bonds is 5. The normalized spacial score (nSPS) is 9.68. The Hall–Kier alpha value is -3.15. The van der Waals surface area contributed by atoms with Gasteiger partial charge < -0.3 is 15.4 Å². The second-order valence-electron chi connectivity index (χ2n) is 4.31. The van der Waals surface area contributed by atoms with E-state index in [1.54, 1.807) is 36.4 Å². The monoisotopic (exact) mass is 297 g/mol. The number of benzene rings is 1. The molecular formula is C16H15N3O3. The van der Waals surface area contributed by atoms with Crippen LogP contribution in [0.1, 0.15) is 10.4 Å². The van der Waals surface area contributed by atoms with Gasteiger partial charge >= 0.3 is 0 Å². The van der Waals surface area contributed by atoms with Gasteiger partial charge in [-0.2, -0.15) is 0 Å². The first-order chi connectivity index (χ1) is 10.6. The summed E-state index contributed by atoms with van der Waals surface area (Å²) in [7, 11) is 1.53. The standard InChI is InChI=1S/C16H15N3O3/c1-3-15(20)18-12-6-4-5-11(9-12)16(21)19-14-10-13(22-2)7-8-17-14/h3-10H,1H2,2H3,(H,18,20)(H,17,19,21). The molecule has 0 saturated carbocycles. The number of pyridine rings is 1. The molecule has 6 heteroatoms. The van der Waals surface area contributed by atoms with Gasteiger partial charge in [0, 0.05) is 23.5 Å². The van der Waals surface area contributed by atoms with E-state index in [4.69, 9.17) is 4.74 Å². The number of anilines is 2. The lowest BCUT2D eigenvalue weighted by Crippen LogP contribution is -2.14. The number of aromatic nitrogens is 1. The number of methoxy groups -OCH3 is 1. The summed E-state index contributed by atoms with van der Waals surface area (Å²) in [6, 6.07) is 9.85. The Morgan fingerprint density at radius 1 is 1.23 bits per heavy atom. The smallest absolute Gasteiger partial charge is 0.256 e. The molecule has 2 rings (SSSR count). The van der Waals surface area contributed by atoms with Gasteiger partial charge in [0.05, 0.1) is 7.11 Å². The van der Waals surface area contributed by atoms with Gasteiger partial charge in [-0.1, -0.05) is 12.6 Å². The number of hydrogen-bond donors (Lipinski definition) is 2. The van der Waals surface area contributed by atoms with Crippen LogP contribution in [-0.4, -0.2) is 23.9 Å². The molecule has 0 fully saturated rings. The molecule has 1 aromatic carbocycles. The molecule has 0 bridgehead atoms. The molecule has 2 aromatic rings. The van der Waals surface area contributed by atoms with E-state index in [1.165, 1.54) is 13.3 Å². The van der Waals surface area contributed by atoms with Crippen molar-refractivity contribution in [3.05, 3.63) is 60.8 Å². The van der Waals surface area contributed by atoms with Crippen LogP contribution in [0.25, 0.3) is 0 Å². The molecule has 0 radical (unpaired) electrons. The van der Waals surface area contributed by atoms with Crippen LogP contribution < -0.4 is 15.4 Å². The third kappa shape index (κ3) is 3.92. The van der Waals surface area contributed by atoms with Gasteiger partial charge in [0.1, 0.15) is 11.6 Å². The van der Waals surface area contributed by atoms with Crippen molar-refractivity contribution >= 4 is 23.3 Å². The van der Waals surface area contributed by atoms with Crippen molar-refractivity contribution in [3.8, 4) is 5.75 Å². The van der Waals surface area contributed by atoms with Crippen molar-refractivity contribution in [2.75, 3.05) is 17.7 Å². The number of ether oxygens (including phenoxy) is 1. The summed E-state index contributed by atoms with van der Waals surface area (Å²) >= 11 is 0. The molecule has 22 heavy (non-hydrogen) atoms. The first-order valence-electron chi connectivity index (χ1n) is 6.47. The summed E-state index contributed by atoms with van der Waals surface area (Å²) in [6.45, 7) is 3.38. The highest BCUT2D eigenvalue weighted by Crippen LogP contribution is 2.16. The second-order valence-corrected chi connectivity index (χ2v) is 4.31. The summed E-state index contributed by atoms with van der Waals surface area (Å²) in [5.74, 6) is 0.296. The van der Waals surface area contributed by atoms with E-state index in [0.717, 1.165) is 6.08 Å². The van der Waals surface area contributed by atoms with E-state index >= 15 is 0 Å². The van der Waals surface area contributed by atoms with E-state index in [9.17, 15) is 9.59 Å². The molecule has 0 aliphatic heterocycles. The van der Waals surface area contributed by atoms with E-state index in [0.29, 0.717) is 22.8 Å². The van der Waals surface area contributed by atoms with Crippen LogP contribution in [0.3, 0.4) is 0 Å². The van der Waals surface area contributed by atoms with Crippen LogP contribution in [0.4, 0.5) is 11.5 Å². The molecular weight excluding hydrogens is 282 g/mol. The van der Waals surface area contributed by atoms with Gasteiger partial charge in [0.15, 0.2) is 0 Å². The van der Waals surface area contributed by atoms with Gasteiger partial charge in [0.25, 0.3) is 5.91 Å². The summed E-state index contributed by atoms with van der Waals surface area (Å²) in [4.78, 5) is 27.5. The van der Waals surface area contributed by atoms with E-state index in [1.807, 2.05) is 0 Å². The average molecular weight is 297 g/mol. The number of amides is 2. The van der Waals surface area contributed by atoms with E-state index in [2.05, 4.69) is 22.2 Å². The van der Waals surface area contributed by atoms with Crippen LogP contribution in [0.15, 0.2) is 55.3 Å². The number of nitrogens with one attached hydrogen (secondary N) is 2. The third-order valence-corrected chi connectivity index (χ3v) is 2.79. The average Bonchev–Trinajstić information content (AvgIpc) is 2.55. The Morgan fingerprint density at radius 3 is 2.77 bits per heavy atom. The minimum absolute atomic E-state index is 0.338. The second kappa shape index (κ2) is 7.03. The highest BCUT2D eigenvalue weighted by atomic mass is 16.5. The molecule has 1 aromatic heterocycles. The van der Waals surface area contributed by atoms with Crippen molar-refractivity contribution in [2.24, 2.45) is 0 Å². The zero-order valence-corrected chi connectivity index (χ0v) is 12.0. The molecule has 2 N–H and O–H groups in total. The molecule has 0 unspecified atom stereocenters. The lowest BCUT2D eigenvalue weighted by Gasteiger charge is -2.08. The Morgan fingerprint density at radius 2 is 2.05 bits per heavy atom. The highest BCUT2D eigenvalue weighted by molar-refractivity contribution is 6.05. The lowest BCUT2D eigenvalue weighted by molar-refractivity contribution is -0.111. The summed E-state index contributed by atoms with van der Waals surface area (Å²) < 4.78 is 5.07. The fraction of sp³-hybridized carbons (Fsp3) is 0.0625. The maximum absolute atomic E-state index is 12.2. The lowest BCUT2D eigenvalue weighted by atomic mass is 10.2. The molecule has 2 amide bonds. The third-order valence-electron chi connectivity index (χ3n) is 2.79. The fourth-order valence-electron chi connectivity index (χ4n) is 1.73. The van der Waals surface area contributed by atoms with Crippen LogP contribution in [0.2, 0.25) is 0 Å². The molecule has 6 nitrogen and oxygen atoms in total. The van der Waals surface area contributed by atoms with Crippen LogP contribution >= 0.6 is 0 Å². The Balaban J connectivity index is 2.13. The van der Waals surface area contributed by atoms with Crippen molar-refractivity contribution in [1.82, 2.24) is 4.98 Å². The van der Waals surface area contributed by atoms with Crippen molar-refractivity contribution in [1.29, 1.82) is 0 Å². The van der Waals surface area contributed by atoms with Crippen LogP contribution in [-0.2, 0) is 4.79 Å². The maximum Gasteiger partial charge on any atom is 0.256 e. The quantitative estimate of drug-likeness (QED) is 0.831. The minimum Gasteiger partial charge on any atom is -0.497 e. The summed E-state index contributed by atoms with van der Waals surface area (Å²) in [5.41, 5.74) is 0.905. The predicted molar refractivity (Wildman–Crippen MR) is 84.0 cm³/mol. The number of nitrogens with zero attached hydrogens (tertiary/aromatic N) is 1. The molecule has 1 heterocycles. The fourth-order valence-corrected chi connectivity index (χ4v) is 1.73. The highest BCUT2D eigenvalue weighted by Gasteiger charge is 2.08. The van der Waals surface area contributed by atoms with E-state index < -0.39 is 0 Å². The zero-order chi connectivity index (χ0) is 15.9. The minimum atomic E-state index is -0.341. The van der Waals surface area contributed by atoms with E-state index in [-0.39, 0.29) is 11.8 Å². The largest absolute Gasteiger partial charge is 0.497 e. The number of carbonyl (C=O) groups is 2.